The van der Waals surface area contributed by atoms with Crippen LogP contribution in [0, 0.1) is 13.8 Å². The van der Waals surface area contributed by atoms with Crippen molar-refractivity contribution in [1.29, 1.82) is 0 Å². The molecule has 0 atom stereocenters. The van der Waals surface area contributed by atoms with Crippen molar-refractivity contribution in [1.82, 2.24) is 15.8 Å². The molecule has 0 unspecified atom stereocenters. The highest BCUT2D eigenvalue weighted by atomic mass is 16.5. The number of aromatic nitrogens is 1. The van der Waals surface area contributed by atoms with Crippen LogP contribution in [-0.4, -0.2) is 23.1 Å². The smallest absolute Gasteiger partial charge is 0.234 e. The second-order valence-corrected chi connectivity index (χ2v) is 5.19. The molecule has 0 aliphatic rings. The molecule has 0 bridgehead atoms. The van der Waals surface area contributed by atoms with Gasteiger partial charge in [0.15, 0.2) is 0 Å². The van der Waals surface area contributed by atoms with Gasteiger partial charge >= 0.3 is 0 Å². The zero-order chi connectivity index (χ0) is 13.8. The zero-order valence-corrected chi connectivity index (χ0v) is 11.9. The van der Waals surface area contributed by atoms with Crippen molar-refractivity contribution in [3.05, 3.63) is 17.0 Å². The highest BCUT2D eigenvalue weighted by Gasteiger charge is 2.17. The van der Waals surface area contributed by atoms with E-state index in [2.05, 4.69) is 22.7 Å². The van der Waals surface area contributed by atoms with Gasteiger partial charge in [0.1, 0.15) is 5.76 Å². The molecule has 1 rings (SSSR count). The van der Waals surface area contributed by atoms with Crippen molar-refractivity contribution < 1.29 is 9.32 Å². The molecule has 0 aliphatic carbocycles. The summed E-state index contributed by atoms with van der Waals surface area (Å²) in [6.07, 6.45) is 0.905. The number of carbonyl (C=O) groups excluding carboxylic acids is 1. The van der Waals surface area contributed by atoms with Gasteiger partial charge < -0.3 is 15.2 Å². The van der Waals surface area contributed by atoms with Crippen molar-refractivity contribution in [3.8, 4) is 0 Å². The van der Waals surface area contributed by atoms with Gasteiger partial charge in [0.25, 0.3) is 0 Å². The molecule has 0 saturated heterocycles. The van der Waals surface area contributed by atoms with Crippen LogP contribution in [-0.2, 0) is 11.3 Å². The summed E-state index contributed by atoms with van der Waals surface area (Å²) in [6.45, 7) is 10.7. The lowest BCUT2D eigenvalue weighted by Crippen LogP contribution is -2.46. The van der Waals surface area contributed by atoms with Crippen LogP contribution in [0.4, 0.5) is 0 Å². The first-order valence-electron chi connectivity index (χ1n) is 6.29. The van der Waals surface area contributed by atoms with E-state index in [1.807, 2.05) is 27.7 Å². The minimum absolute atomic E-state index is 0.00797. The van der Waals surface area contributed by atoms with Crippen LogP contribution in [0.3, 0.4) is 0 Å². The Morgan fingerprint density at radius 2 is 2.06 bits per heavy atom. The standard InChI is InChI=1S/C13H23N3O2/c1-6-13(4,5)15-12(17)8-14-7-11-9(2)16-18-10(11)3/h14H,6-8H2,1-5H3,(H,15,17). The minimum atomic E-state index is -0.151. The number of amides is 1. The summed E-state index contributed by atoms with van der Waals surface area (Å²) in [5, 5.41) is 9.95. The molecular weight excluding hydrogens is 230 g/mol. The van der Waals surface area contributed by atoms with E-state index in [9.17, 15) is 4.79 Å². The minimum Gasteiger partial charge on any atom is -0.361 e. The lowest BCUT2D eigenvalue weighted by Gasteiger charge is -2.24. The molecule has 2 N–H and O–H groups in total. The largest absolute Gasteiger partial charge is 0.361 e. The van der Waals surface area contributed by atoms with Gasteiger partial charge in [-0.15, -0.1) is 0 Å². The van der Waals surface area contributed by atoms with Gasteiger partial charge in [-0.25, -0.2) is 0 Å². The lowest BCUT2D eigenvalue weighted by molar-refractivity contribution is -0.121. The van der Waals surface area contributed by atoms with Crippen LogP contribution >= 0.6 is 0 Å². The van der Waals surface area contributed by atoms with E-state index >= 15 is 0 Å². The molecule has 1 aromatic rings. The Labute approximate surface area is 108 Å². The first-order chi connectivity index (χ1) is 8.35. The second kappa shape index (κ2) is 6.00. The lowest BCUT2D eigenvalue weighted by atomic mass is 10.0. The summed E-state index contributed by atoms with van der Waals surface area (Å²) in [7, 11) is 0. The Morgan fingerprint density at radius 1 is 1.39 bits per heavy atom. The van der Waals surface area contributed by atoms with Crippen LogP contribution in [0.2, 0.25) is 0 Å². The highest BCUT2D eigenvalue weighted by Crippen LogP contribution is 2.11. The van der Waals surface area contributed by atoms with Gasteiger partial charge in [-0.3, -0.25) is 4.79 Å². The van der Waals surface area contributed by atoms with E-state index in [-0.39, 0.29) is 11.4 Å². The number of rotatable bonds is 6. The van der Waals surface area contributed by atoms with Gasteiger partial charge in [0.05, 0.1) is 12.2 Å². The third kappa shape index (κ3) is 4.14. The van der Waals surface area contributed by atoms with Gasteiger partial charge in [-0.2, -0.15) is 0 Å². The third-order valence-electron chi connectivity index (χ3n) is 3.13. The molecule has 0 radical (unpaired) electrons. The van der Waals surface area contributed by atoms with Crippen LogP contribution in [0.1, 0.15) is 44.2 Å². The topological polar surface area (TPSA) is 67.2 Å². The molecule has 1 aromatic heterocycles. The van der Waals surface area contributed by atoms with Gasteiger partial charge in [0, 0.05) is 17.6 Å². The number of hydrogen-bond acceptors (Lipinski definition) is 4. The monoisotopic (exact) mass is 253 g/mol. The summed E-state index contributed by atoms with van der Waals surface area (Å²) in [6, 6.07) is 0. The van der Waals surface area contributed by atoms with Gasteiger partial charge in [0.2, 0.25) is 5.91 Å². The summed E-state index contributed by atoms with van der Waals surface area (Å²) in [4.78, 5) is 11.7. The molecule has 0 aromatic carbocycles. The Bertz CT molecular complexity index is 391. The Kier molecular flexibility index (Phi) is 4.90. The molecule has 18 heavy (non-hydrogen) atoms. The molecule has 1 heterocycles. The van der Waals surface area contributed by atoms with Crippen LogP contribution < -0.4 is 10.6 Å². The molecule has 102 valence electrons. The Hall–Kier alpha value is -1.36. The fourth-order valence-electron chi connectivity index (χ4n) is 1.57. The van der Waals surface area contributed by atoms with Crippen molar-refractivity contribution in [3.63, 3.8) is 0 Å². The van der Waals surface area contributed by atoms with Crippen LogP contribution in [0.15, 0.2) is 4.52 Å². The summed E-state index contributed by atoms with van der Waals surface area (Å²) >= 11 is 0. The molecule has 5 nitrogen and oxygen atoms in total. The Morgan fingerprint density at radius 3 is 2.56 bits per heavy atom. The fraction of sp³-hybridized carbons (Fsp3) is 0.692. The summed E-state index contributed by atoms with van der Waals surface area (Å²) in [5.41, 5.74) is 1.74. The maximum atomic E-state index is 11.7. The summed E-state index contributed by atoms with van der Waals surface area (Å²) in [5.74, 6) is 0.808. The number of carbonyl (C=O) groups is 1. The summed E-state index contributed by atoms with van der Waals surface area (Å²) < 4.78 is 5.06. The van der Waals surface area contributed by atoms with E-state index in [0.717, 1.165) is 23.4 Å². The van der Waals surface area contributed by atoms with E-state index in [0.29, 0.717) is 13.1 Å². The van der Waals surface area contributed by atoms with E-state index in [1.165, 1.54) is 0 Å². The maximum Gasteiger partial charge on any atom is 0.234 e. The molecule has 1 amide bonds. The number of nitrogens with one attached hydrogen (secondary N) is 2. The first kappa shape index (κ1) is 14.7. The number of nitrogens with zero attached hydrogens (tertiary/aromatic N) is 1. The quantitative estimate of drug-likeness (QED) is 0.809. The van der Waals surface area contributed by atoms with Crippen molar-refractivity contribution in [2.75, 3.05) is 6.54 Å². The fourth-order valence-corrected chi connectivity index (χ4v) is 1.57. The third-order valence-corrected chi connectivity index (χ3v) is 3.13. The predicted octanol–water partition coefficient (Wildman–Crippen LogP) is 1.69. The Balaban J connectivity index is 2.37. The molecule has 0 saturated carbocycles. The van der Waals surface area contributed by atoms with Gasteiger partial charge in [-0.1, -0.05) is 12.1 Å². The average molecular weight is 253 g/mol. The van der Waals surface area contributed by atoms with Crippen molar-refractivity contribution in [2.24, 2.45) is 0 Å². The first-order valence-corrected chi connectivity index (χ1v) is 6.29. The molecule has 0 aliphatic heterocycles. The van der Waals surface area contributed by atoms with Crippen LogP contribution in [0.5, 0.6) is 0 Å². The molecular formula is C13H23N3O2. The number of hydrogen-bond donors (Lipinski definition) is 2. The maximum absolute atomic E-state index is 11.7. The normalized spacial score (nSPS) is 11.6. The zero-order valence-electron chi connectivity index (χ0n) is 11.9. The molecule has 0 spiro atoms. The molecule has 5 heteroatoms. The van der Waals surface area contributed by atoms with Crippen molar-refractivity contribution in [2.45, 2.75) is 53.1 Å². The van der Waals surface area contributed by atoms with E-state index in [4.69, 9.17) is 4.52 Å². The predicted molar refractivity (Wildman–Crippen MR) is 70.2 cm³/mol. The highest BCUT2D eigenvalue weighted by molar-refractivity contribution is 5.78. The molecule has 0 fully saturated rings. The second-order valence-electron chi connectivity index (χ2n) is 5.19. The van der Waals surface area contributed by atoms with Crippen LogP contribution in [0.25, 0.3) is 0 Å². The number of aryl methyl sites for hydroxylation is 2. The van der Waals surface area contributed by atoms with Gasteiger partial charge in [-0.05, 0) is 34.1 Å². The van der Waals surface area contributed by atoms with Crippen molar-refractivity contribution >= 4 is 5.91 Å². The SMILES string of the molecule is CCC(C)(C)NC(=O)CNCc1c(C)noc1C. The van der Waals surface area contributed by atoms with E-state index in [1.54, 1.807) is 0 Å². The van der Waals surface area contributed by atoms with E-state index < -0.39 is 0 Å². The average Bonchev–Trinajstić information content (AvgIpc) is 2.60.